The van der Waals surface area contributed by atoms with Gasteiger partial charge in [-0.15, -0.1) is 0 Å². The molecule has 1 heterocycles. The van der Waals surface area contributed by atoms with E-state index in [1.54, 1.807) is 20.8 Å². The molecule has 7 nitrogen and oxygen atoms in total. The molecule has 7 heteroatoms. The van der Waals surface area contributed by atoms with E-state index in [2.05, 4.69) is 18.3 Å². The number of rotatable bonds is 16. The molecule has 204 valence electrons. The third kappa shape index (κ3) is 15.2. The lowest BCUT2D eigenvalue weighted by atomic mass is 10.0. The smallest absolute Gasteiger partial charge is 0.408 e. The molecule has 0 saturated carbocycles. The van der Waals surface area contributed by atoms with Crippen LogP contribution in [0.5, 0.6) is 0 Å². The number of hydrogen-bond acceptors (Lipinski definition) is 6. The number of hydrogen-bond donors (Lipinski definition) is 1. The fourth-order valence-electron chi connectivity index (χ4n) is 4.14. The number of nitrogens with one attached hydrogen (secondary N) is 1. The maximum absolute atomic E-state index is 12.4. The zero-order valence-electron chi connectivity index (χ0n) is 23.3. The number of amides is 1. The summed E-state index contributed by atoms with van der Waals surface area (Å²) >= 11 is 0. The molecule has 3 atom stereocenters. The van der Waals surface area contributed by atoms with E-state index in [1.165, 1.54) is 64.7 Å². The molecule has 1 fully saturated rings. The van der Waals surface area contributed by atoms with Crippen molar-refractivity contribution in [2.75, 3.05) is 6.61 Å². The third-order valence-electron chi connectivity index (χ3n) is 5.78. The Morgan fingerprint density at radius 1 is 0.971 bits per heavy atom. The largest absolute Gasteiger partial charge is 0.464 e. The van der Waals surface area contributed by atoms with E-state index in [9.17, 15) is 9.59 Å². The Labute approximate surface area is 213 Å². The molecule has 0 aromatic carbocycles. The van der Waals surface area contributed by atoms with Crippen LogP contribution in [0.15, 0.2) is 12.2 Å². The van der Waals surface area contributed by atoms with Crippen LogP contribution in [0.25, 0.3) is 0 Å². The molecule has 1 aliphatic heterocycles. The quantitative estimate of drug-likeness (QED) is 0.143. The molecular formula is C28H51NO6. The predicted molar refractivity (Wildman–Crippen MR) is 139 cm³/mol. The van der Waals surface area contributed by atoms with Gasteiger partial charge >= 0.3 is 12.1 Å². The van der Waals surface area contributed by atoms with Gasteiger partial charge in [0.25, 0.3) is 0 Å². The minimum absolute atomic E-state index is 0.0263. The summed E-state index contributed by atoms with van der Waals surface area (Å²) in [6, 6.07) is -0.609. The van der Waals surface area contributed by atoms with Gasteiger partial charge in [0.15, 0.2) is 5.79 Å². The van der Waals surface area contributed by atoms with Gasteiger partial charge in [0.05, 0.1) is 6.04 Å². The van der Waals surface area contributed by atoms with Crippen molar-refractivity contribution in [1.82, 2.24) is 5.32 Å². The van der Waals surface area contributed by atoms with Crippen LogP contribution < -0.4 is 5.32 Å². The molecule has 0 aromatic heterocycles. The van der Waals surface area contributed by atoms with Crippen LogP contribution in [0, 0.1) is 0 Å². The van der Waals surface area contributed by atoms with E-state index in [1.807, 2.05) is 19.9 Å². The first-order chi connectivity index (χ1) is 16.4. The fraction of sp³-hybridized carbons (Fsp3) is 0.857. The predicted octanol–water partition coefficient (Wildman–Crippen LogP) is 6.83. The number of carbonyl (C=O) groups excluding carboxylic acids is 2. The van der Waals surface area contributed by atoms with E-state index in [0.717, 1.165) is 12.8 Å². The summed E-state index contributed by atoms with van der Waals surface area (Å²) in [6.45, 7) is 12.6. The van der Waals surface area contributed by atoms with E-state index in [4.69, 9.17) is 18.9 Å². The van der Waals surface area contributed by atoms with Crippen LogP contribution >= 0.6 is 0 Å². The van der Waals surface area contributed by atoms with Gasteiger partial charge in [-0.3, -0.25) is 4.79 Å². The van der Waals surface area contributed by atoms with Gasteiger partial charge in [0.2, 0.25) is 0 Å². The Bertz CT molecular complexity index is 640. The Morgan fingerprint density at radius 3 is 2.09 bits per heavy atom. The first-order valence-corrected chi connectivity index (χ1v) is 13.6. The van der Waals surface area contributed by atoms with Crippen LogP contribution in [-0.4, -0.2) is 48.3 Å². The van der Waals surface area contributed by atoms with E-state index < -0.39 is 35.6 Å². The van der Waals surface area contributed by atoms with Gasteiger partial charge in [-0.1, -0.05) is 76.9 Å². The summed E-state index contributed by atoms with van der Waals surface area (Å²) in [5.41, 5.74) is -0.642. The summed E-state index contributed by atoms with van der Waals surface area (Å²) in [5.74, 6) is -1.24. The summed E-state index contributed by atoms with van der Waals surface area (Å²) in [7, 11) is 0. The monoisotopic (exact) mass is 497 g/mol. The Kier molecular flexibility index (Phi) is 14.6. The van der Waals surface area contributed by atoms with Crippen LogP contribution in [-0.2, 0) is 23.7 Å². The Morgan fingerprint density at radius 2 is 1.54 bits per heavy atom. The van der Waals surface area contributed by atoms with Gasteiger partial charge in [-0.05, 0) is 47.5 Å². The minimum Gasteiger partial charge on any atom is -0.464 e. The van der Waals surface area contributed by atoms with Crippen molar-refractivity contribution < 1.29 is 28.5 Å². The normalized spacial score (nSPS) is 20.7. The summed E-state index contributed by atoms with van der Waals surface area (Å²) in [5, 5.41) is 2.81. The zero-order valence-corrected chi connectivity index (χ0v) is 23.3. The molecule has 1 amide bonds. The van der Waals surface area contributed by atoms with E-state index in [0.29, 0.717) is 0 Å². The van der Waals surface area contributed by atoms with E-state index in [-0.39, 0.29) is 12.7 Å². The van der Waals surface area contributed by atoms with Gasteiger partial charge in [0.1, 0.15) is 24.4 Å². The summed E-state index contributed by atoms with van der Waals surface area (Å²) in [6.07, 6.45) is 16.7. The number of unbranched alkanes of at least 4 members (excludes halogenated alkanes) is 10. The second-order valence-electron chi connectivity index (χ2n) is 11.0. The van der Waals surface area contributed by atoms with Crippen molar-refractivity contribution in [3.8, 4) is 0 Å². The molecule has 1 rings (SSSR count). The SMILES string of the molecule is CCCCCCCCCCCC/C=C/[C@H]1OC(C)(C)O[C@@H]1[C@@H](COC(C)=O)NC(=O)OC(C)(C)C. The van der Waals surface area contributed by atoms with Crippen LogP contribution in [0.1, 0.15) is 119 Å². The molecule has 0 spiro atoms. The topological polar surface area (TPSA) is 83.1 Å². The molecule has 1 saturated heterocycles. The summed E-state index contributed by atoms with van der Waals surface area (Å²) in [4.78, 5) is 23.9. The molecule has 0 aliphatic carbocycles. The van der Waals surface area contributed by atoms with Gasteiger partial charge in [-0.25, -0.2) is 4.79 Å². The van der Waals surface area contributed by atoms with Gasteiger partial charge in [0, 0.05) is 6.92 Å². The number of alkyl carbamates (subject to hydrolysis) is 1. The first-order valence-electron chi connectivity index (χ1n) is 13.6. The van der Waals surface area contributed by atoms with Crippen molar-refractivity contribution in [2.24, 2.45) is 0 Å². The molecule has 1 N–H and O–H groups in total. The second kappa shape index (κ2) is 16.2. The average Bonchev–Trinajstić information content (AvgIpc) is 3.04. The molecule has 0 unspecified atom stereocenters. The Hall–Kier alpha value is -1.60. The number of allylic oxidation sites excluding steroid dienone is 1. The van der Waals surface area contributed by atoms with Crippen molar-refractivity contribution in [2.45, 2.75) is 149 Å². The lowest BCUT2D eigenvalue weighted by molar-refractivity contribution is -0.151. The molecule has 0 radical (unpaired) electrons. The maximum atomic E-state index is 12.4. The van der Waals surface area contributed by atoms with Gasteiger partial charge in [-0.2, -0.15) is 0 Å². The average molecular weight is 498 g/mol. The first kappa shape index (κ1) is 31.4. The van der Waals surface area contributed by atoms with Crippen molar-refractivity contribution >= 4 is 12.1 Å². The van der Waals surface area contributed by atoms with Crippen LogP contribution in [0.4, 0.5) is 4.79 Å². The minimum atomic E-state index is -0.819. The highest BCUT2D eigenvalue weighted by atomic mass is 16.8. The standard InChI is InChI=1S/C28H51NO6/c1-8-9-10-11-12-13-14-15-16-17-18-19-20-24-25(34-28(6,7)33-24)23(21-32-22(2)30)29-26(31)35-27(3,4)5/h19-20,23-25H,8-18,21H2,1-7H3,(H,29,31)/b20-19+/t23-,24-,25-/m1/s1. The lowest BCUT2D eigenvalue weighted by Gasteiger charge is -2.28. The number of ether oxygens (including phenoxy) is 4. The molecule has 0 bridgehead atoms. The lowest BCUT2D eigenvalue weighted by Crippen LogP contribution is -2.51. The van der Waals surface area contributed by atoms with Gasteiger partial charge < -0.3 is 24.3 Å². The maximum Gasteiger partial charge on any atom is 0.408 e. The molecule has 1 aliphatic rings. The molecule has 0 aromatic rings. The molecular weight excluding hydrogens is 446 g/mol. The van der Waals surface area contributed by atoms with E-state index >= 15 is 0 Å². The van der Waals surface area contributed by atoms with Crippen LogP contribution in [0.2, 0.25) is 0 Å². The number of esters is 1. The van der Waals surface area contributed by atoms with Crippen molar-refractivity contribution in [1.29, 1.82) is 0 Å². The van der Waals surface area contributed by atoms with Crippen molar-refractivity contribution in [3.63, 3.8) is 0 Å². The highest BCUT2D eigenvalue weighted by Crippen LogP contribution is 2.31. The third-order valence-corrected chi connectivity index (χ3v) is 5.78. The van der Waals surface area contributed by atoms with Crippen LogP contribution in [0.3, 0.4) is 0 Å². The second-order valence-corrected chi connectivity index (χ2v) is 11.0. The summed E-state index contributed by atoms with van der Waals surface area (Å²) < 4.78 is 22.8. The fourth-order valence-corrected chi connectivity index (χ4v) is 4.14. The zero-order chi connectivity index (χ0) is 26.3. The highest BCUT2D eigenvalue weighted by Gasteiger charge is 2.45. The molecule has 35 heavy (non-hydrogen) atoms. The highest BCUT2D eigenvalue weighted by molar-refractivity contribution is 5.68. The van der Waals surface area contributed by atoms with Crippen molar-refractivity contribution in [3.05, 3.63) is 12.2 Å². The Balaban J connectivity index is 2.55. The number of carbonyl (C=O) groups is 2.